The zero-order valence-corrected chi connectivity index (χ0v) is 19.0. The molecule has 0 bridgehead atoms. The molecule has 0 spiro atoms. The van der Waals surface area contributed by atoms with Gasteiger partial charge in [0.15, 0.2) is 5.78 Å². The molecule has 1 saturated heterocycles. The quantitative estimate of drug-likeness (QED) is 0.391. The molecule has 0 aromatic heterocycles. The molecule has 1 aliphatic heterocycles. The molecule has 1 N–H and O–H groups in total. The summed E-state index contributed by atoms with van der Waals surface area (Å²) in [6.45, 7) is 2.05. The summed E-state index contributed by atoms with van der Waals surface area (Å²) in [6, 6.07) is 12.7. The van der Waals surface area contributed by atoms with Gasteiger partial charge in [-0.2, -0.15) is 0 Å². The van der Waals surface area contributed by atoms with Crippen LogP contribution in [-0.2, 0) is 19.9 Å². The van der Waals surface area contributed by atoms with E-state index in [9.17, 15) is 18.8 Å². The van der Waals surface area contributed by atoms with Crippen molar-refractivity contribution in [1.82, 2.24) is 4.90 Å². The molecule has 0 saturated carbocycles. The van der Waals surface area contributed by atoms with Crippen molar-refractivity contribution in [2.24, 2.45) is 0 Å². The van der Waals surface area contributed by atoms with Crippen molar-refractivity contribution in [3.63, 3.8) is 0 Å². The van der Waals surface area contributed by atoms with Crippen LogP contribution in [0.5, 0.6) is 0 Å². The van der Waals surface area contributed by atoms with Crippen molar-refractivity contribution >= 4 is 29.3 Å². The van der Waals surface area contributed by atoms with E-state index in [0.29, 0.717) is 49.4 Å². The van der Waals surface area contributed by atoms with E-state index in [0.717, 1.165) is 12.1 Å². The molecule has 176 valence electrons. The van der Waals surface area contributed by atoms with E-state index in [1.54, 1.807) is 12.1 Å². The average Bonchev–Trinajstić information content (AvgIpc) is 2.80. The number of carbonyl (C=O) groups is 3. The summed E-state index contributed by atoms with van der Waals surface area (Å²) in [5, 5.41) is 9.43. The molecular weight excluding hydrogens is 449 g/mol. The molecule has 2 aromatic rings. The molecule has 3 rings (SSSR count). The van der Waals surface area contributed by atoms with Gasteiger partial charge in [0.1, 0.15) is 11.4 Å². The second-order valence-electron chi connectivity index (χ2n) is 8.24. The van der Waals surface area contributed by atoms with Crippen LogP contribution < -0.4 is 0 Å². The van der Waals surface area contributed by atoms with Gasteiger partial charge in [-0.1, -0.05) is 23.7 Å². The van der Waals surface area contributed by atoms with Crippen LogP contribution in [0.25, 0.3) is 0 Å². The fourth-order valence-corrected chi connectivity index (χ4v) is 4.19. The second-order valence-corrected chi connectivity index (χ2v) is 8.68. The molecule has 33 heavy (non-hydrogen) atoms. The lowest BCUT2D eigenvalue weighted by Crippen LogP contribution is -2.45. The van der Waals surface area contributed by atoms with Crippen molar-refractivity contribution in [2.45, 2.75) is 44.1 Å². The highest BCUT2D eigenvalue weighted by molar-refractivity contribution is 6.30. The minimum Gasteiger partial charge on any atom is -0.481 e. The molecule has 0 amide bonds. The Labute approximate surface area is 197 Å². The fraction of sp³-hybridized carbons (Fsp3) is 0.400. The van der Waals surface area contributed by atoms with Crippen LogP contribution >= 0.6 is 11.6 Å². The van der Waals surface area contributed by atoms with E-state index in [1.807, 2.05) is 12.1 Å². The molecule has 2 aromatic carbocycles. The van der Waals surface area contributed by atoms with Crippen molar-refractivity contribution in [3.05, 3.63) is 70.5 Å². The van der Waals surface area contributed by atoms with Crippen molar-refractivity contribution in [3.8, 4) is 0 Å². The van der Waals surface area contributed by atoms with Crippen LogP contribution in [0.3, 0.4) is 0 Å². The Morgan fingerprint density at radius 1 is 0.970 bits per heavy atom. The highest BCUT2D eigenvalue weighted by Crippen LogP contribution is 2.38. The molecule has 1 fully saturated rings. The van der Waals surface area contributed by atoms with Gasteiger partial charge in [-0.15, -0.1) is 0 Å². The summed E-state index contributed by atoms with van der Waals surface area (Å²) in [4.78, 5) is 37.7. The molecule has 6 nitrogen and oxygen atoms in total. The second kappa shape index (κ2) is 11.4. The average molecular weight is 476 g/mol. The standard InChI is InChI=1S/C25H27ClFNO5/c26-20-7-5-19(6-8-20)25(33-24(32)12-11-23(30)31)13-16-28(17-14-25)15-1-2-22(29)18-3-9-21(27)10-4-18/h3-10H,1-2,11-17H2,(H,30,31). The Morgan fingerprint density at radius 3 is 2.21 bits per heavy atom. The Morgan fingerprint density at radius 2 is 1.61 bits per heavy atom. The number of esters is 1. The molecule has 1 aliphatic rings. The number of likely N-dealkylation sites (tertiary alicyclic amines) is 1. The van der Waals surface area contributed by atoms with Gasteiger partial charge in [-0.25, -0.2) is 4.39 Å². The SMILES string of the molecule is O=C(O)CCC(=O)OC1(c2ccc(Cl)cc2)CCN(CCCC(=O)c2ccc(F)cc2)CC1. The minimum atomic E-state index is -1.04. The largest absolute Gasteiger partial charge is 0.481 e. The van der Waals surface area contributed by atoms with Crippen molar-refractivity contribution in [2.75, 3.05) is 19.6 Å². The molecule has 0 unspecified atom stereocenters. The Hall–Kier alpha value is -2.77. The predicted molar refractivity (Wildman–Crippen MR) is 122 cm³/mol. The van der Waals surface area contributed by atoms with E-state index in [4.69, 9.17) is 21.4 Å². The molecular formula is C25H27ClFNO5. The number of carboxylic acids is 1. The fourth-order valence-electron chi connectivity index (χ4n) is 4.06. The van der Waals surface area contributed by atoms with E-state index in [1.165, 1.54) is 24.3 Å². The van der Waals surface area contributed by atoms with Gasteiger partial charge < -0.3 is 14.7 Å². The van der Waals surface area contributed by atoms with Crippen LogP contribution in [0.4, 0.5) is 4.39 Å². The van der Waals surface area contributed by atoms with E-state index >= 15 is 0 Å². The highest BCUT2D eigenvalue weighted by atomic mass is 35.5. The number of hydrogen-bond donors (Lipinski definition) is 1. The highest BCUT2D eigenvalue weighted by Gasteiger charge is 2.39. The number of benzene rings is 2. The van der Waals surface area contributed by atoms with Gasteiger partial charge in [-0.05, 0) is 54.9 Å². The predicted octanol–water partition coefficient (Wildman–Crippen LogP) is 4.84. The number of rotatable bonds is 10. The maximum Gasteiger partial charge on any atom is 0.307 e. The molecule has 0 radical (unpaired) electrons. The summed E-state index contributed by atoms with van der Waals surface area (Å²) in [7, 11) is 0. The Balaban J connectivity index is 1.57. The third kappa shape index (κ3) is 7.11. The van der Waals surface area contributed by atoms with E-state index < -0.39 is 17.5 Å². The number of halogens is 2. The summed E-state index contributed by atoms with van der Waals surface area (Å²) < 4.78 is 18.9. The monoisotopic (exact) mass is 475 g/mol. The van der Waals surface area contributed by atoms with Crippen LogP contribution in [-0.4, -0.2) is 47.4 Å². The van der Waals surface area contributed by atoms with Crippen LogP contribution in [0.2, 0.25) is 5.02 Å². The van der Waals surface area contributed by atoms with Gasteiger partial charge in [0.2, 0.25) is 0 Å². The maximum absolute atomic E-state index is 13.0. The van der Waals surface area contributed by atoms with Gasteiger partial charge in [0.25, 0.3) is 0 Å². The van der Waals surface area contributed by atoms with Crippen LogP contribution in [0.1, 0.15) is 54.4 Å². The third-order valence-electron chi connectivity index (χ3n) is 5.93. The minimum absolute atomic E-state index is 0.0186. The van der Waals surface area contributed by atoms with Crippen LogP contribution in [0, 0.1) is 5.82 Å². The first-order chi connectivity index (χ1) is 15.8. The Kier molecular flexibility index (Phi) is 8.58. The summed E-state index contributed by atoms with van der Waals surface area (Å²) in [6.07, 6.45) is 1.69. The van der Waals surface area contributed by atoms with Crippen LogP contribution in [0.15, 0.2) is 48.5 Å². The normalized spacial score (nSPS) is 15.7. The number of piperidine rings is 1. The zero-order chi connectivity index (χ0) is 23.8. The lowest BCUT2D eigenvalue weighted by molar-refractivity contribution is -0.168. The smallest absolute Gasteiger partial charge is 0.307 e. The van der Waals surface area contributed by atoms with Gasteiger partial charge in [0, 0.05) is 42.9 Å². The molecule has 8 heteroatoms. The van der Waals surface area contributed by atoms with E-state index in [2.05, 4.69) is 4.90 Å². The number of hydrogen-bond acceptors (Lipinski definition) is 5. The number of nitrogens with zero attached hydrogens (tertiary/aromatic N) is 1. The summed E-state index contributed by atoms with van der Waals surface area (Å²) >= 11 is 6.02. The van der Waals surface area contributed by atoms with Gasteiger partial charge in [0.05, 0.1) is 12.8 Å². The van der Waals surface area contributed by atoms with Crippen molar-refractivity contribution < 1.29 is 28.6 Å². The number of Topliss-reactive ketones (excluding diaryl/α,β-unsaturated/α-hetero) is 1. The zero-order valence-electron chi connectivity index (χ0n) is 18.3. The Bertz CT molecular complexity index is 969. The molecule has 1 heterocycles. The maximum atomic E-state index is 13.0. The number of aliphatic carboxylic acids is 1. The summed E-state index contributed by atoms with van der Waals surface area (Å²) in [5.74, 6) is -1.97. The van der Waals surface area contributed by atoms with Gasteiger partial charge in [-0.3, -0.25) is 14.4 Å². The van der Waals surface area contributed by atoms with Gasteiger partial charge >= 0.3 is 11.9 Å². The number of carboxylic acid groups (broad SMARTS) is 1. The number of ketones is 1. The first kappa shape index (κ1) is 24.9. The number of ether oxygens (including phenoxy) is 1. The molecule has 0 atom stereocenters. The first-order valence-electron chi connectivity index (χ1n) is 11.0. The van der Waals surface area contributed by atoms with Crippen molar-refractivity contribution in [1.29, 1.82) is 0 Å². The molecule has 0 aliphatic carbocycles. The third-order valence-corrected chi connectivity index (χ3v) is 6.18. The first-order valence-corrected chi connectivity index (χ1v) is 11.4. The summed E-state index contributed by atoms with van der Waals surface area (Å²) in [5.41, 5.74) is 0.507. The number of carbonyl (C=O) groups excluding carboxylic acids is 2. The van der Waals surface area contributed by atoms with E-state index in [-0.39, 0.29) is 24.4 Å². The lowest BCUT2D eigenvalue weighted by atomic mass is 9.84. The topological polar surface area (TPSA) is 83.9 Å². The lowest BCUT2D eigenvalue weighted by Gasteiger charge is -2.41.